The minimum Gasteiger partial charge on any atom is -0.380 e. The normalized spacial score (nSPS) is 11.6. The lowest BCUT2D eigenvalue weighted by atomic mass is 10.3. The molecule has 102 valence electrons. The zero-order valence-corrected chi connectivity index (χ0v) is 12.4. The molecule has 4 nitrogen and oxygen atoms in total. The lowest BCUT2D eigenvalue weighted by Gasteiger charge is -2.11. The zero-order valence-electron chi connectivity index (χ0n) is 10.8. The van der Waals surface area contributed by atoms with Crippen LogP contribution in [0.25, 0.3) is 0 Å². The number of ether oxygens (including phenoxy) is 1. The Bertz CT molecular complexity index is 368. The van der Waals surface area contributed by atoms with E-state index in [2.05, 4.69) is 21.7 Å². The molecule has 0 aliphatic heterocycles. The molecule has 0 saturated carbocycles. The van der Waals surface area contributed by atoms with Gasteiger partial charge in [0, 0.05) is 31.6 Å². The second-order valence-corrected chi connectivity index (χ2v) is 5.38. The summed E-state index contributed by atoms with van der Waals surface area (Å²) in [6.45, 7) is 5.02. The van der Waals surface area contributed by atoms with Crippen molar-refractivity contribution in [2.75, 3.05) is 33.4 Å². The molecule has 1 heterocycles. The topological polar surface area (TPSA) is 45.6 Å². The van der Waals surface area contributed by atoms with Crippen LogP contribution >= 0.6 is 22.9 Å². The highest BCUT2D eigenvalue weighted by Crippen LogP contribution is 2.21. The maximum absolute atomic E-state index is 5.88. The van der Waals surface area contributed by atoms with Crippen molar-refractivity contribution in [2.24, 2.45) is 4.99 Å². The third-order valence-electron chi connectivity index (χ3n) is 2.26. The largest absolute Gasteiger partial charge is 0.380 e. The molecule has 0 fully saturated rings. The van der Waals surface area contributed by atoms with Gasteiger partial charge in [0.15, 0.2) is 5.96 Å². The van der Waals surface area contributed by atoms with E-state index in [9.17, 15) is 0 Å². The van der Waals surface area contributed by atoms with E-state index in [0.717, 1.165) is 36.4 Å². The molecule has 1 aromatic heterocycles. The van der Waals surface area contributed by atoms with Crippen molar-refractivity contribution < 1.29 is 4.74 Å². The minimum atomic E-state index is 0.692. The Kier molecular flexibility index (Phi) is 7.80. The second-order valence-electron chi connectivity index (χ2n) is 3.58. The van der Waals surface area contributed by atoms with Crippen LogP contribution in [0.2, 0.25) is 4.34 Å². The first kappa shape index (κ1) is 15.3. The lowest BCUT2D eigenvalue weighted by molar-refractivity contribution is 0.152. The maximum atomic E-state index is 5.88. The minimum absolute atomic E-state index is 0.692. The van der Waals surface area contributed by atoms with Gasteiger partial charge >= 0.3 is 0 Å². The quantitative estimate of drug-likeness (QED) is 0.459. The highest BCUT2D eigenvalue weighted by molar-refractivity contribution is 7.16. The fraction of sp³-hybridized carbons (Fsp3) is 0.583. The lowest BCUT2D eigenvalue weighted by Crippen LogP contribution is -2.39. The first-order valence-corrected chi connectivity index (χ1v) is 7.22. The van der Waals surface area contributed by atoms with Crippen molar-refractivity contribution in [3.05, 3.63) is 21.3 Å². The van der Waals surface area contributed by atoms with Gasteiger partial charge < -0.3 is 15.4 Å². The van der Waals surface area contributed by atoms with Crippen LogP contribution in [0.3, 0.4) is 0 Å². The first-order valence-electron chi connectivity index (χ1n) is 6.02. The molecule has 0 spiro atoms. The van der Waals surface area contributed by atoms with E-state index in [4.69, 9.17) is 16.3 Å². The molecule has 0 aliphatic rings. The molecule has 1 aromatic rings. The fourth-order valence-corrected chi connectivity index (χ4v) is 2.48. The van der Waals surface area contributed by atoms with Crippen LogP contribution in [0, 0.1) is 0 Å². The summed E-state index contributed by atoms with van der Waals surface area (Å²) in [5, 5.41) is 6.44. The molecule has 0 amide bonds. The highest BCUT2D eigenvalue weighted by Gasteiger charge is 1.99. The molecule has 0 aliphatic carbocycles. The van der Waals surface area contributed by atoms with E-state index in [1.807, 2.05) is 13.0 Å². The number of hydrogen-bond donors (Lipinski definition) is 2. The van der Waals surface area contributed by atoms with Crippen LogP contribution in [-0.4, -0.2) is 39.3 Å². The number of guanidine groups is 1. The summed E-state index contributed by atoms with van der Waals surface area (Å²) in [5.41, 5.74) is 0. The Morgan fingerprint density at radius 3 is 2.78 bits per heavy atom. The molecule has 0 radical (unpaired) electrons. The molecule has 2 N–H and O–H groups in total. The average molecular weight is 290 g/mol. The van der Waals surface area contributed by atoms with Gasteiger partial charge in [0.25, 0.3) is 0 Å². The Labute approximate surface area is 117 Å². The fourth-order valence-electron chi connectivity index (χ4n) is 1.40. The standard InChI is InChI=1S/C12H20ClN3OS/c1-3-17-9-8-16-12(14-2)15-7-6-10-4-5-11(13)18-10/h4-5H,3,6-9H2,1-2H3,(H2,14,15,16). The van der Waals surface area contributed by atoms with Crippen molar-refractivity contribution >= 4 is 28.9 Å². The Morgan fingerprint density at radius 2 is 2.17 bits per heavy atom. The third-order valence-corrected chi connectivity index (χ3v) is 3.55. The van der Waals surface area contributed by atoms with Gasteiger partial charge in [-0.1, -0.05) is 11.6 Å². The van der Waals surface area contributed by atoms with E-state index in [-0.39, 0.29) is 0 Å². The van der Waals surface area contributed by atoms with Gasteiger partial charge in [-0.05, 0) is 25.5 Å². The van der Waals surface area contributed by atoms with Gasteiger partial charge in [-0.25, -0.2) is 0 Å². The van der Waals surface area contributed by atoms with Gasteiger partial charge in [0.2, 0.25) is 0 Å². The molecule has 6 heteroatoms. The molecule has 18 heavy (non-hydrogen) atoms. The highest BCUT2D eigenvalue weighted by atomic mass is 35.5. The van der Waals surface area contributed by atoms with Crippen LogP contribution in [0.15, 0.2) is 17.1 Å². The zero-order chi connectivity index (χ0) is 13.2. The summed E-state index contributed by atoms with van der Waals surface area (Å²) in [6.07, 6.45) is 0.948. The van der Waals surface area contributed by atoms with Gasteiger partial charge in [-0.2, -0.15) is 0 Å². The predicted molar refractivity (Wildman–Crippen MR) is 78.9 cm³/mol. The smallest absolute Gasteiger partial charge is 0.191 e. The molecule has 0 saturated heterocycles. The van der Waals surface area contributed by atoms with Crippen LogP contribution in [0.4, 0.5) is 0 Å². The maximum Gasteiger partial charge on any atom is 0.191 e. The summed E-state index contributed by atoms with van der Waals surface area (Å²) in [4.78, 5) is 5.41. The first-order chi connectivity index (χ1) is 8.76. The number of hydrogen-bond acceptors (Lipinski definition) is 3. The second kappa shape index (κ2) is 9.19. The van der Waals surface area contributed by atoms with Gasteiger partial charge in [0.1, 0.15) is 0 Å². The van der Waals surface area contributed by atoms with Crippen LogP contribution < -0.4 is 10.6 Å². The van der Waals surface area contributed by atoms with Gasteiger partial charge in [0.05, 0.1) is 10.9 Å². The van der Waals surface area contributed by atoms with E-state index in [1.54, 1.807) is 18.4 Å². The number of thiophene rings is 1. The van der Waals surface area contributed by atoms with Crippen molar-refractivity contribution in [2.45, 2.75) is 13.3 Å². The third kappa shape index (κ3) is 6.23. The van der Waals surface area contributed by atoms with Crippen molar-refractivity contribution in [1.82, 2.24) is 10.6 Å². The van der Waals surface area contributed by atoms with E-state index >= 15 is 0 Å². The monoisotopic (exact) mass is 289 g/mol. The summed E-state index contributed by atoms with van der Waals surface area (Å²) in [5.74, 6) is 0.803. The summed E-state index contributed by atoms with van der Waals surface area (Å²) < 4.78 is 6.08. The summed E-state index contributed by atoms with van der Waals surface area (Å²) in [7, 11) is 1.76. The molecular weight excluding hydrogens is 270 g/mol. The SMILES string of the molecule is CCOCCNC(=NC)NCCc1ccc(Cl)s1. The number of aliphatic imine (C=N–C) groups is 1. The van der Waals surface area contributed by atoms with Gasteiger partial charge in [-0.3, -0.25) is 4.99 Å². The van der Waals surface area contributed by atoms with Crippen molar-refractivity contribution in [3.8, 4) is 0 Å². The summed E-state index contributed by atoms with van der Waals surface area (Å²) >= 11 is 7.49. The number of halogens is 1. The predicted octanol–water partition coefficient (Wildman–Crippen LogP) is 2.15. The van der Waals surface area contributed by atoms with Crippen LogP contribution in [-0.2, 0) is 11.2 Å². The number of nitrogens with one attached hydrogen (secondary N) is 2. The van der Waals surface area contributed by atoms with E-state index < -0.39 is 0 Å². The molecule has 0 bridgehead atoms. The average Bonchev–Trinajstić information content (AvgIpc) is 2.78. The van der Waals surface area contributed by atoms with E-state index in [1.165, 1.54) is 4.88 Å². The van der Waals surface area contributed by atoms with Crippen molar-refractivity contribution in [1.29, 1.82) is 0 Å². The van der Waals surface area contributed by atoms with Gasteiger partial charge in [-0.15, -0.1) is 11.3 Å². The Balaban J connectivity index is 2.15. The molecule has 0 aromatic carbocycles. The molecule has 1 rings (SSSR count). The Morgan fingerprint density at radius 1 is 1.39 bits per heavy atom. The summed E-state index contributed by atoms with van der Waals surface area (Å²) in [6, 6.07) is 3.98. The van der Waals surface area contributed by atoms with E-state index in [0.29, 0.717) is 6.61 Å². The molecule has 0 atom stereocenters. The van der Waals surface area contributed by atoms with Crippen LogP contribution in [0.5, 0.6) is 0 Å². The van der Waals surface area contributed by atoms with Crippen molar-refractivity contribution in [3.63, 3.8) is 0 Å². The molecule has 0 unspecified atom stereocenters. The molecular formula is C12H20ClN3OS. The number of nitrogens with zero attached hydrogens (tertiary/aromatic N) is 1. The number of rotatable bonds is 7. The van der Waals surface area contributed by atoms with Crippen LogP contribution in [0.1, 0.15) is 11.8 Å². The Hall–Kier alpha value is -0.780.